The van der Waals surface area contributed by atoms with E-state index >= 15 is 0 Å². The minimum absolute atomic E-state index is 0.0606. The first kappa shape index (κ1) is 59.9. The number of hydrogen-bond acceptors (Lipinski definition) is 19. The van der Waals surface area contributed by atoms with E-state index in [9.17, 15) is 49.8 Å². The fourth-order valence-corrected chi connectivity index (χ4v) is 8.39. The summed E-state index contributed by atoms with van der Waals surface area (Å²) in [6.45, 7) is 0. The van der Waals surface area contributed by atoms with Gasteiger partial charge in [-0.05, 0) is 48.0 Å². The van der Waals surface area contributed by atoms with Gasteiger partial charge in [0.25, 0.3) is 17.1 Å². The number of nitro benzene ring substituents is 3. The zero-order valence-electron chi connectivity index (χ0n) is 45.9. The number of methoxy groups -OCH3 is 4. The molecular formula is C60H50N12O14. The van der Waals surface area contributed by atoms with Crippen molar-refractivity contribution in [2.24, 2.45) is 0 Å². The highest BCUT2D eigenvalue weighted by molar-refractivity contribution is 6.17. The highest BCUT2D eigenvalue weighted by atomic mass is 16.6. The number of ether oxygens (including phenoxy) is 4. The number of aromatic amines is 4. The van der Waals surface area contributed by atoms with E-state index in [1.54, 1.807) is 112 Å². The van der Waals surface area contributed by atoms with Gasteiger partial charge in [0.2, 0.25) is 0 Å². The maximum absolute atomic E-state index is 12.6. The van der Waals surface area contributed by atoms with Crippen LogP contribution in [0.4, 0.5) is 22.7 Å². The Balaban J connectivity index is 0.000000144. The van der Waals surface area contributed by atoms with E-state index < -0.39 is 20.9 Å². The Kier molecular flexibility index (Phi) is 19.2. The zero-order valence-corrected chi connectivity index (χ0v) is 45.9. The Bertz CT molecular complexity index is 4440. The van der Waals surface area contributed by atoms with Gasteiger partial charge in [0, 0.05) is 122 Å². The maximum atomic E-state index is 12.6. The predicted octanol–water partition coefficient (Wildman–Crippen LogP) is 10.6. The number of nitrogens with two attached hydrogens (primary N) is 1. The fourth-order valence-electron chi connectivity index (χ4n) is 8.39. The first-order chi connectivity index (χ1) is 41.5. The molecule has 26 heteroatoms. The van der Waals surface area contributed by atoms with Crippen molar-refractivity contribution in [1.29, 1.82) is 0 Å². The molecule has 0 amide bonds. The number of fused-ring (bicyclic) bond motifs is 4. The summed E-state index contributed by atoms with van der Waals surface area (Å²) in [5.41, 5.74) is 11.8. The molecule has 1 unspecified atom stereocenters. The largest absolute Gasteiger partial charge is 0.495 e. The van der Waals surface area contributed by atoms with Gasteiger partial charge in [-0.25, -0.2) is 19.9 Å². The molecule has 4 aromatic carbocycles. The number of anilines is 1. The smallest absolute Gasteiger partial charge is 0.270 e. The lowest BCUT2D eigenvalue weighted by atomic mass is 10.0. The number of aliphatic hydroxyl groups is 1. The molecule has 0 fully saturated rings. The summed E-state index contributed by atoms with van der Waals surface area (Å²) in [6, 6.07) is 33.2. The van der Waals surface area contributed by atoms with Crippen LogP contribution in [0, 0.1) is 30.3 Å². The van der Waals surface area contributed by atoms with Gasteiger partial charge in [-0.15, -0.1) is 0 Å². The van der Waals surface area contributed by atoms with Gasteiger partial charge in [-0.3, -0.25) is 44.7 Å². The Morgan fingerprint density at radius 3 is 1.49 bits per heavy atom. The molecule has 12 aromatic rings. The monoisotopic (exact) mass is 1160 g/mol. The molecule has 7 N–H and O–H groups in total. The van der Waals surface area contributed by atoms with E-state index in [-0.39, 0.29) is 34.2 Å². The first-order valence-corrected chi connectivity index (χ1v) is 25.3. The standard InChI is InChI=1S/C15H13N3O4.C15H11N3O4.C15H13N3O2.C8H8N2O.C7H5NO3/c2*1-22-11-6-12-13(8-17-15(12)16-7-11)14(19)9-3-2-4-10(5-9)18(20)21;1-20-11-6-12-13(8-18-15(12)17-7-11)14(19)9-3-2-4-10(16)5-9;1-11-7-4-6-2-3-9-8(6)10-5-7;9-5-6-2-1-3-7(4-6)8(10)11/h2-8,14,19H,1H3,(H,16,17);2-8H,1H3,(H,16,17);2-8H,16H2,1H3,(H,17,18);2-5H,1H3,(H,9,10);1-5H. The predicted molar refractivity (Wildman–Crippen MR) is 317 cm³/mol. The number of benzene rings is 4. The topological polar surface area (TPSA) is 379 Å². The number of aromatic nitrogens is 8. The van der Waals surface area contributed by atoms with Crippen molar-refractivity contribution in [3.63, 3.8) is 0 Å². The molecular weight excluding hydrogens is 1110 g/mol. The van der Waals surface area contributed by atoms with Crippen LogP contribution >= 0.6 is 0 Å². The highest BCUT2D eigenvalue weighted by Gasteiger charge is 2.21. The normalized spacial score (nSPS) is 10.8. The van der Waals surface area contributed by atoms with E-state index in [1.165, 1.54) is 75.0 Å². The maximum Gasteiger partial charge on any atom is 0.270 e. The third kappa shape index (κ3) is 14.3. The van der Waals surface area contributed by atoms with Crippen LogP contribution in [-0.4, -0.2) is 106 Å². The van der Waals surface area contributed by atoms with Crippen LogP contribution in [0.1, 0.15) is 59.4 Å². The van der Waals surface area contributed by atoms with Gasteiger partial charge in [-0.1, -0.05) is 48.5 Å². The third-order valence-corrected chi connectivity index (χ3v) is 12.7. The molecule has 0 saturated carbocycles. The molecule has 0 saturated heterocycles. The first-order valence-electron chi connectivity index (χ1n) is 25.3. The van der Waals surface area contributed by atoms with Crippen LogP contribution < -0.4 is 24.7 Å². The number of carbonyl (C=O) groups excluding carboxylic acids is 3. The number of non-ortho nitro benzene ring substituents is 3. The van der Waals surface area contributed by atoms with Crippen molar-refractivity contribution in [3.8, 4) is 23.0 Å². The van der Waals surface area contributed by atoms with Crippen LogP contribution in [0.2, 0.25) is 0 Å². The van der Waals surface area contributed by atoms with Crippen LogP contribution in [0.15, 0.2) is 177 Å². The van der Waals surface area contributed by atoms with E-state index in [2.05, 4.69) is 39.9 Å². The summed E-state index contributed by atoms with van der Waals surface area (Å²) in [7, 11) is 6.24. The van der Waals surface area contributed by atoms with Crippen LogP contribution in [0.3, 0.4) is 0 Å². The van der Waals surface area contributed by atoms with Gasteiger partial charge in [0.05, 0.1) is 68.0 Å². The van der Waals surface area contributed by atoms with Crippen molar-refractivity contribution in [1.82, 2.24) is 39.9 Å². The number of nitrogens with zero attached hydrogens (tertiary/aromatic N) is 7. The molecule has 1 atom stereocenters. The van der Waals surface area contributed by atoms with E-state index in [1.807, 2.05) is 18.3 Å². The number of rotatable bonds is 14. The summed E-state index contributed by atoms with van der Waals surface area (Å²) in [4.78, 5) is 94.1. The Labute approximate surface area is 485 Å². The molecule has 0 aliphatic heterocycles. The number of nitro groups is 3. The molecule has 12 rings (SSSR count). The van der Waals surface area contributed by atoms with Crippen molar-refractivity contribution in [3.05, 3.63) is 246 Å². The lowest BCUT2D eigenvalue weighted by Crippen LogP contribution is -2.01. The number of hydrogen-bond donors (Lipinski definition) is 6. The van der Waals surface area contributed by atoms with Crippen molar-refractivity contribution < 1.29 is 53.2 Å². The lowest BCUT2D eigenvalue weighted by Gasteiger charge is -2.10. The van der Waals surface area contributed by atoms with Crippen molar-refractivity contribution >= 4 is 84.7 Å². The quantitative estimate of drug-likeness (QED) is 0.0194. The molecule has 26 nitrogen and oxygen atoms in total. The van der Waals surface area contributed by atoms with Crippen molar-refractivity contribution in [2.45, 2.75) is 6.10 Å². The molecule has 8 aromatic heterocycles. The number of pyridine rings is 4. The second-order valence-electron chi connectivity index (χ2n) is 18.1. The second kappa shape index (κ2) is 27.5. The Morgan fingerprint density at radius 2 is 0.965 bits per heavy atom. The minimum Gasteiger partial charge on any atom is -0.495 e. The third-order valence-electron chi connectivity index (χ3n) is 12.7. The average molecular weight is 1160 g/mol. The number of aliphatic hydroxyl groups excluding tert-OH is 1. The SMILES string of the molecule is COc1cnc2[nH]cc(C(=O)c3cccc(N)c3)c2c1.COc1cnc2[nH]cc(C(=O)c3cccc([N+](=O)[O-])c3)c2c1.COc1cnc2[nH]cc(C(O)c3cccc([N+](=O)[O-])c3)c2c1.COc1cnc2[nH]ccc2c1.O=Cc1cccc([N+](=O)[O-])c1. The second-order valence-corrected chi connectivity index (χ2v) is 18.1. The molecule has 0 aliphatic carbocycles. The minimum atomic E-state index is -0.998. The molecule has 8 heterocycles. The summed E-state index contributed by atoms with van der Waals surface area (Å²) in [5.74, 6) is 2.08. The molecule has 0 aliphatic rings. The zero-order chi connectivity index (χ0) is 61.4. The Morgan fingerprint density at radius 1 is 0.523 bits per heavy atom. The van der Waals surface area contributed by atoms with Gasteiger partial charge in [0.15, 0.2) is 11.6 Å². The lowest BCUT2D eigenvalue weighted by molar-refractivity contribution is -0.385. The molecule has 0 spiro atoms. The van der Waals surface area contributed by atoms with Crippen LogP contribution in [0.25, 0.3) is 44.1 Å². The van der Waals surface area contributed by atoms with E-state index in [0.29, 0.717) is 90.3 Å². The summed E-state index contributed by atoms with van der Waals surface area (Å²) in [6.07, 6.45) is 12.7. The van der Waals surface area contributed by atoms with Gasteiger partial charge in [0.1, 0.15) is 58.0 Å². The molecule has 434 valence electrons. The summed E-state index contributed by atoms with van der Waals surface area (Å²) >= 11 is 0. The molecule has 0 bridgehead atoms. The highest BCUT2D eigenvalue weighted by Crippen LogP contribution is 2.32. The number of aldehydes is 1. The molecule has 0 radical (unpaired) electrons. The number of nitrogen functional groups attached to an aromatic ring is 1. The number of nitrogens with one attached hydrogen (secondary N) is 4. The van der Waals surface area contributed by atoms with Crippen LogP contribution in [0.5, 0.6) is 23.0 Å². The summed E-state index contributed by atoms with van der Waals surface area (Å²) < 4.78 is 20.4. The fraction of sp³-hybridized carbons (Fsp3) is 0.0833. The van der Waals surface area contributed by atoms with Crippen LogP contribution in [-0.2, 0) is 0 Å². The number of H-pyrrole nitrogens is 4. The van der Waals surface area contributed by atoms with E-state index in [0.717, 1.165) is 22.2 Å². The number of ketones is 2. The van der Waals surface area contributed by atoms with E-state index in [4.69, 9.17) is 24.7 Å². The molecule has 86 heavy (non-hydrogen) atoms. The Hall–Kier alpha value is -12.2. The average Bonchev–Trinajstić information content (AvgIpc) is 2.47. The summed E-state index contributed by atoms with van der Waals surface area (Å²) in [5, 5.41) is 45.5. The van der Waals surface area contributed by atoms with Gasteiger partial charge < -0.3 is 49.7 Å². The van der Waals surface area contributed by atoms with Crippen molar-refractivity contribution in [2.75, 3.05) is 34.2 Å². The van der Waals surface area contributed by atoms with Gasteiger partial charge >= 0.3 is 0 Å². The number of carbonyl (C=O) groups is 3. The van der Waals surface area contributed by atoms with Gasteiger partial charge in [-0.2, -0.15) is 0 Å².